The third kappa shape index (κ3) is 4.82. The van der Waals surface area contributed by atoms with Gasteiger partial charge in [0.05, 0.1) is 31.3 Å². The van der Waals surface area contributed by atoms with Gasteiger partial charge < -0.3 is 20.7 Å². The Morgan fingerprint density at radius 1 is 1.24 bits per heavy atom. The second-order valence-corrected chi connectivity index (χ2v) is 8.22. The number of hydrogen-bond donors (Lipinski definition) is 2. The Bertz CT molecular complexity index is 1480. The van der Waals surface area contributed by atoms with Gasteiger partial charge in [-0.15, -0.1) is 0 Å². The molecule has 1 aliphatic rings. The van der Waals surface area contributed by atoms with Gasteiger partial charge in [-0.25, -0.2) is 14.1 Å². The number of nitrogens with one attached hydrogen (secondary N) is 1. The minimum atomic E-state index is -2.79. The van der Waals surface area contributed by atoms with Crippen LogP contribution >= 0.6 is 0 Å². The quantitative estimate of drug-likeness (QED) is 0.344. The lowest BCUT2D eigenvalue weighted by atomic mass is 10.0. The van der Waals surface area contributed by atoms with Crippen LogP contribution in [0.2, 0.25) is 0 Å². The van der Waals surface area contributed by atoms with E-state index in [0.29, 0.717) is 65.2 Å². The molecular weight excluding hydrogens is 491 g/mol. The van der Waals surface area contributed by atoms with E-state index >= 15 is 0 Å². The van der Waals surface area contributed by atoms with Crippen molar-refractivity contribution < 1.29 is 22.7 Å². The topological polar surface area (TPSA) is 129 Å². The number of amides is 1. The Balaban J connectivity index is 1.50. The molecule has 0 bridgehead atoms. The van der Waals surface area contributed by atoms with Crippen molar-refractivity contribution in [2.75, 3.05) is 36.5 Å². The van der Waals surface area contributed by atoms with E-state index in [1.54, 1.807) is 6.07 Å². The first-order chi connectivity index (χ1) is 17.8. The number of alkyl halides is 2. The fourth-order valence-corrected chi connectivity index (χ4v) is 3.86. The summed E-state index contributed by atoms with van der Waals surface area (Å²) in [5.74, 6) is -0.582. The van der Waals surface area contributed by atoms with Crippen molar-refractivity contribution in [2.24, 2.45) is 5.73 Å². The number of carbonyl (C=O) groups excluding carboxylic acids is 1. The van der Waals surface area contributed by atoms with E-state index in [1.165, 1.54) is 35.4 Å². The van der Waals surface area contributed by atoms with Gasteiger partial charge in [0.25, 0.3) is 0 Å². The number of anilines is 2. The van der Waals surface area contributed by atoms with Crippen LogP contribution in [0.4, 0.5) is 24.9 Å². The predicted molar refractivity (Wildman–Crippen MR) is 129 cm³/mol. The molecule has 0 aliphatic carbocycles. The first-order valence-electron chi connectivity index (χ1n) is 11.2. The molecule has 3 aromatic heterocycles. The monoisotopic (exact) mass is 513 g/mol. The number of primary amides is 1. The molecular formula is C23H22F3N9O2. The number of fused-ring (bicyclic) bond motifs is 1. The SMILES string of the molecule is C=C(C(N)=O)c1ccc(CNc2nc(N3CCOCC3)nc3c2ncn3-c2cnn(C(F)F)c2)c(F)c1. The molecule has 1 saturated heterocycles. The highest BCUT2D eigenvalue weighted by molar-refractivity contribution is 6.17. The largest absolute Gasteiger partial charge is 0.378 e. The number of hydrogen-bond acceptors (Lipinski definition) is 8. The van der Waals surface area contributed by atoms with Crippen LogP contribution in [0.15, 0.2) is 43.5 Å². The first kappa shape index (κ1) is 24.2. The molecule has 0 spiro atoms. The van der Waals surface area contributed by atoms with Crippen molar-refractivity contribution in [3.05, 3.63) is 60.4 Å². The molecule has 192 valence electrons. The third-order valence-electron chi connectivity index (χ3n) is 5.89. The van der Waals surface area contributed by atoms with Gasteiger partial charge in [-0.2, -0.15) is 23.8 Å². The summed E-state index contributed by atoms with van der Waals surface area (Å²) < 4.78 is 48.4. The van der Waals surface area contributed by atoms with Crippen molar-refractivity contribution >= 4 is 34.4 Å². The van der Waals surface area contributed by atoms with Gasteiger partial charge in [-0.05, 0) is 11.6 Å². The van der Waals surface area contributed by atoms with Crippen molar-refractivity contribution in [2.45, 2.75) is 13.1 Å². The molecule has 14 heteroatoms. The smallest absolute Gasteiger partial charge is 0.333 e. The molecule has 37 heavy (non-hydrogen) atoms. The van der Waals surface area contributed by atoms with Crippen LogP contribution in [-0.4, -0.2) is 61.5 Å². The maximum absolute atomic E-state index is 14.8. The molecule has 0 unspecified atom stereocenters. The fourth-order valence-electron chi connectivity index (χ4n) is 3.86. The Hall–Kier alpha value is -4.46. The van der Waals surface area contributed by atoms with Crippen LogP contribution in [0.3, 0.4) is 0 Å². The fraction of sp³-hybridized carbons (Fsp3) is 0.261. The van der Waals surface area contributed by atoms with E-state index in [0.717, 1.165) is 0 Å². The van der Waals surface area contributed by atoms with E-state index in [2.05, 4.69) is 31.9 Å². The number of imidazole rings is 1. The summed E-state index contributed by atoms with van der Waals surface area (Å²) >= 11 is 0. The lowest BCUT2D eigenvalue weighted by Gasteiger charge is -2.27. The van der Waals surface area contributed by atoms with E-state index in [-0.39, 0.29) is 17.7 Å². The molecule has 1 fully saturated rings. The van der Waals surface area contributed by atoms with E-state index in [9.17, 15) is 18.0 Å². The van der Waals surface area contributed by atoms with Crippen molar-refractivity contribution in [1.82, 2.24) is 29.3 Å². The number of halogens is 3. The molecule has 11 nitrogen and oxygen atoms in total. The molecule has 3 N–H and O–H groups in total. The van der Waals surface area contributed by atoms with Gasteiger partial charge in [0.1, 0.15) is 12.1 Å². The molecule has 1 amide bonds. The lowest BCUT2D eigenvalue weighted by Crippen LogP contribution is -2.37. The van der Waals surface area contributed by atoms with Crippen LogP contribution in [0.5, 0.6) is 0 Å². The zero-order chi connectivity index (χ0) is 26.1. The molecule has 0 atom stereocenters. The van der Waals surface area contributed by atoms with Crippen molar-refractivity contribution in [1.29, 1.82) is 0 Å². The highest BCUT2D eigenvalue weighted by Crippen LogP contribution is 2.27. The number of carbonyl (C=O) groups is 1. The van der Waals surface area contributed by atoms with Gasteiger partial charge in [-0.3, -0.25) is 9.36 Å². The zero-order valence-electron chi connectivity index (χ0n) is 19.4. The average Bonchev–Trinajstić information content (AvgIpc) is 3.55. The van der Waals surface area contributed by atoms with E-state index in [4.69, 9.17) is 10.5 Å². The second-order valence-electron chi connectivity index (χ2n) is 8.22. The second kappa shape index (κ2) is 9.89. The third-order valence-corrected chi connectivity index (χ3v) is 5.89. The molecule has 4 aromatic rings. The van der Waals surface area contributed by atoms with Gasteiger partial charge in [0, 0.05) is 30.8 Å². The predicted octanol–water partition coefficient (Wildman–Crippen LogP) is 2.49. The summed E-state index contributed by atoms with van der Waals surface area (Å²) in [4.78, 5) is 26.9. The summed E-state index contributed by atoms with van der Waals surface area (Å²) in [7, 11) is 0. The summed E-state index contributed by atoms with van der Waals surface area (Å²) in [5.41, 5.74) is 6.90. The summed E-state index contributed by atoms with van der Waals surface area (Å²) in [5, 5.41) is 6.79. The van der Waals surface area contributed by atoms with Crippen LogP contribution in [-0.2, 0) is 16.1 Å². The molecule has 0 radical (unpaired) electrons. The minimum absolute atomic E-state index is 0.00627. The average molecular weight is 513 g/mol. The van der Waals surface area contributed by atoms with E-state index in [1.807, 2.05) is 4.90 Å². The minimum Gasteiger partial charge on any atom is -0.378 e. The maximum atomic E-state index is 14.8. The van der Waals surface area contributed by atoms with Gasteiger partial charge >= 0.3 is 6.55 Å². The summed E-state index contributed by atoms with van der Waals surface area (Å²) in [6, 6.07) is 4.26. The maximum Gasteiger partial charge on any atom is 0.333 e. The van der Waals surface area contributed by atoms with Gasteiger partial charge in [0.2, 0.25) is 11.9 Å². The molecule has 0 saturated carbocycles. The number of nitrogens with zero attached hydrogens (tertiary/aromatic N) is 7. The first-order valence-corrected chi connectivity index (χ1v) is 11.2. The summed E-state index contributed by atoms with van der Waals surface area (Å²) in [6.45, 7) is 2.93. The van der Waals surface area contributed by atoms with Crippen LogP contribution in [0, 0.1) is 5.82 Å². The summed E-state index contributed by atoms with van der Waals surface area (Å²) in [6.07, 6.45) is 3.91. The zero-order valence-corrected chi connectivity index (χ0v) is 19.4. The van der Waals surface area contributed by atoms with Crippen molar-refractivity contribution in [3.63, 3.8) is 0 Å². The lowest BCUT2D eigenvalue weighted by molar-refractivity contribution is -0.112. The van der Waals surface area contributed by atoms with Crippen LogP contribution < -0.4 is 16.0 Å². The molecule has 1 aliphatic heterocycles. The molecule has 1 aromatic carbocycles. The number of aromatic nitrogens is 6. The highest BCUT2D eigenvalue weighted by Gasteiger charge is 2.21. The van der Waals surface area contributed by atoms with Gasteiger partial charge in [0.15, 0.2) is 17.0 Å². The Morgan fingerprint density at radius 3 is 2.70 bits per heavy atom. The Kier molecular flexibility index (Phi) is 6.48. The Morgan fingerprint density at radius 2 is 2.03 bits per heavy atom. The number of ether oxygens (including phenoxy) is 1. The highest BCUT2D eigenvalue weighted by atomic mass is 19.3. The number of morpholine rings is 1. The molecule has 4 heterocycles. The van der Waals surface area contributed by atoms with Crippen molar-refractivity contribution in [3.8, 4) is 5.69 Å². The van der Waals surface area contributed by atoms with Gasteiger partial charge in [-0.1, -0.05) is 18.7 Å². The Labute approximate surface area is 208 Å². The number of rotatable bonds is 8. The van der Waals surface area contributed by atoms with Crippen LogP contribution in [0.1, 0.15) is 17.7 Å². The normalized spacial score (nSPS) is 13.9. The number of benzene rings is 1. The van der Waals surface area contributed by atoms with Crippen LogP contribution in [0.25, 0.3) is 22.4 Å². The van der Waals surface area contributed by atoms with E-state index < -0.39 is 18.3 Å². The number of nitrogens with two attached hydrogens (primary N) is 1. The standard InChI is InChI=1S/C23H22F3N9O2/c1-13(19(27)36)14-2-3-15(17(24)8-14)9-28-20-18-21(32-23(31-20)33-4-6-37-7-5-33)34(12-29-18)16-10-30-35(11-16)22(25)26/h2-3,8,10-12,22H,1,4-7,9H2,(H2,27,36)(H,28,31,32). The molecule has 5 rings (SSSR count).